The summed E-state index contributed by atoms with van der Waals surface area (Å²) in [5, 5.41) is 9.87. The fourth-order valence-corrected chi connectivity index (χ4v) is 4.51. The van der Waals surface area contributed by atoms with Crippen molar-refractivity contribution in [1.82, 2.24) is 19.9 Å². The fourth-order valence-electron chi connectivity index (χ4n) is 4.51. The van der Waals surface area contributed by atoms with E-state index in [-0.39, 0.29) is 17.4 Å². The average Bonchev–Trinajstić information content (AvgIpc) is 3.31. The zero-order valence-corrected chi connectivity index (χ0v) is 16.6. The van der Waals surface area contributed by atoms with Gasteiger partial charge in [0.2, 0.25) is 11.9 Å². The quantitative estimate of drug-likeness (QED) is 0.691. The van der Waals surface area contributed by atoms with Gasteiger partial charge in [-0.3, -0.25) is 4.79 Å². The molecule has 1 aromatic carbocycles. The molecular weight excluding hydrogens is 378 g/mol. The van der Waals surface area contributed by atoms with Gasteiger partial charge >= 0.3 is 0 Å². The van der Waals surface area contributed by atoms with Gasteiger partial charge in [-0.1, -0.05) is 24.3 Å². The van der Waals surface area contributed by atoms with Crippen LogP contribution in [0.1, 0.15) is 24.0 Å². The van der Waals surface area contributed by atoms with Crippen molar-refractivity contribution >= 4 is 28.7 Å². The molecule has 2 aromatic heterocycles. The summed E-state index contributed by atoms with van der Waals surface area (Å²) in [6.45, 7) is 2.12. The number of nitrogen functional groups attached to an aromatic ring is 1. The number of aromatic amines is 1. The highest BCUT2D eigenvalue weighted by atomic mass is 16.2. The minimum Gasteiger partial charge on any atom is -0.368 e. The van der Waals surface area contributed by atoms with Gasteiger partial charge in [-0.25, -0.2) is 0 Å². The minimum absolute atomic E-state index is 0.123. The third-order valence-corrected chi connectivity index (χ3v) is 6.12. The number of piperazine rings is 1. The smallest absolute Gasteiger partial charge is 0.227 e. The van der Waals surface area contributed by atoms with Crippen LogP contribution in [0.3, 0.4) is 0 Å². The Balaban J connectivity index is 1.34. The van der Waals surface area contributed by atoms with Gasteiger partial charge in [-0.15, -0.1) is 0 Å². The molecule has 1 saturated carbocycles. The molecule has 30 heavy (non-hydrogen) atoms. The molecule has 1 spiro atoms. The molecule has 0 bridgehead atoms. The zero-order chi connectivity index (χ0) is 20.7. The molecule has 152 valence electrons. The van der Waals surface area contributed by atoms with Crippen LogP contribution in [0.15, 0.2) is 36.5 Å². The predicted octanol–water partition coefficient (Wildman–Crippen LogP) is 2.03. The van der Waals surface area contributed by atoms with E-state index in [1.807, 2.05) is 36.5 Å². The number of amides is 1. The Kier molecular flexibility index (Phi) is 4.31. The molecule has 3 heterocycles. The standard InChI is InChI=1S/C22H23N7O/c23-8-4-15-2-1-3-16(12-15)13-18(30)29-11-10-28(14-22(29)6-7-22)20-17-5-9-25-19(17)26-21(24)27-20/h1-3,5,9,12H,4,6-7,10-11,13-14H2,(H3,24,25,26,27). The van der Waals surface area contributed by atoms with E-state index in [9.17, 15) is 4.79 Å². The van der Waals surface area contributed by atoms with Crippen LogP contribution in [0.4, 0.5) is 11.8 Å². The maximum Gasteiger partial charge on any atom is 0.227 e. The van der Waals surface area contributed by atoms with Crippen molar-refractivity contribution in [2.75, 3.05) is 30.3 Å². The molecule has 0 unspecified atom stereocenters. The summed E-state index contributed by atoms with van der Waals surface area (Å²) in [4.78, 5) is 29.3. The zero-order valence-electron chi connectivity index (χ0n) is 16.6. The topological polar surface area (TPSA) is 115 Å². The minimum atomic E-state index is -0.123. The fraction of sp³-hybridized carbons (Fsp3) is 0.364. The average molecular weight is 401 g/mol. The summed E-state index contributed by atoms with van der Waals surface area (Å²) in [5.41, 5.74) is 8.44. The van der Waals surface area contributed by atoms with Gasteiger partial charge in [0, 0.05) is 25.8 Å². The second kappa shape index (κ2) is 7.02. The first-order valence-electron chi connectivity index (χ1n) is 10.2. The maximum atomic E-state index is 13.2. The summed E-state index contributed by atoms with van der Waals surface area (Å²) in [7, 11) is 0. The van der Waals surface area contributed by atoms with Crippen LogP contribution < -0.4 is 10.6 Å². The Bertz CT molecular complexity index is 1160. The van der Waals surface area contributed by atoms with Crippen molar-refractivity contribution in [1.29, 1.82) is 5.26 Å². The summed E-state index contributed by atoms with van der Waals surface area (Å²) in [6, 6.07) is 11.9. The molecule has 0 radical (unpaired) electrons. The number of nitriles is 1. The van der Waals surface area contributed by atoms with Gasteiger partial charge in [-0.05, 0) is 30.0 Å². The number of aromatic nitrogens is 3. The number of hydrogen-bond donors (Lipinski definition) is 2. The Labute approximate surface area is 174 Å². The third kappa shape index (κ3) is 3.22. The molecule has 1 saturated heterocycles. The molecule has 5 rings (SSSR count). The van der Waals surface area contributed by atoms with E-state index in [0.717, 1.165) is 47.4 Å². The lowest BCUT2D eigenvalue weighted by Gasteiger charge is -2.43. The number of nitrogens with two attached hydrogens (primary N) is 1. The Morgan fingerprint density at radius 3 is 2.87 bits per heavy atom. The SMILES string of the molecule is N#CCc1cccc(CC(=O)N2CCN(c3nc(N)nc4[nH]ccc34)CC23CC3)c1. The normalized spacial score (nSPS) is 17.3. The number of rotatable bonds is 4. The van der Waals surface area contributed by atoms with Crippen molar-refractivity contribution in [3.05, 3.63) is 47.7 Å². The van der Waals surface area contributed by atoms with Gasteiger partial charge in [0.25, 0.3) is 0 Å². The molecule has 2 fully saturated rings. The highest BCUT2D eigenvalue weighted by Crippen LogP contribution is 2.45. The number of carbonyl (C=O) groups excluding carboxylic acids is 1. The molecular formula is C22H23N7O. The Morgan fingerprint density at radius 1 is 1.23 bits per heavy atom. The lowest BCUT2D eigenvalue weighted by molar-refractivity contribution is -0.134. The monoisotopic (exact) mass is 401 g/mol. The van der Waals surface area contributed by atoms with Gasteiger partial charge in [-0.2, -0.15) is 15.2 Å². The largest absolute Gasteiger partial charge is 0.368 e. The summed E-state index contributed by atoms with van der Waals surface area (Å²) < 4.78 is 0. The molecule has 3 N–H and O–H groups in total. The molecule has 2 aliphatic rings. The number of nitrogens with zero attached hydrogens (tertiary/aromatic N) is 5. The van der Waals surface area contributed by atoms with E-state index in [2.05, 4.69) is 30.8 Å². The number of H-pyrrole nitrogens is 1. The number of benzene rings is 1. The summed E-state index contributed by atoms with van der Waals surface area (Å²) in [5.74, 6) is 1.23. The molecule has 1 amide bonds. The number of fused-ring (bicyclic) bond motifs is 1. The third-order valence-electron chi connectivity index (χ3n) is 6.12. The van der Waals surface area contributed by atoms with E-state index in [4.69, 9.17) is 11.0 Å². The number of carbonyl (C=O) groups is 1. The van der Waals surface area contributed by atoms with E-state index >= 15 is 0 Å². The van der Waals surface area contributed by atoms with Crippen LogP contribution in [0, 0.1) is 11.3 Å². The van der Waals surface area contributed by atoms with Crippen molar-refractivity contribution < 1.29 is 4.79 Å². The van der Waals surface area contributed by atoms with Crippen LogP contribution in [0.25, 0.3) is 11.0 Å². The van der Waals surface area contributed by atoms with E-state index in [0.29, 0.717) is 25.9 Å². The maximum absolute atomic E-state index is 13.2. The highest BCUT2D eigenvalue weighted by Gasteiger charge is 2.53. The van der Waals surface area contributed by atoms with Crippen LogP contribution >= 0.6 is 0 Å². The van der Waals surface area contributed by atoms with Crippen LogP contribution in [-0.4, -0.2) is 50.9 Å². The lowest BCUT2D eigenvalue weighted by atomic mass is 10.0. The second-order valence-electron chi connectivity index (χ2n) is 8.17. The van der Waals surface area contributed by atoms with Gasteiger partial charge in [0.15, 0.2) is 0 Å². The van der Waals surface area contributed by atoms with Crippen LogP contribution in [0.5, 0.6) is 0 Å². The number of hydrogen-bond acceptors (Lipinski definition) is 6. The highest BCUT2D eigenvalue weighted by molar-refractivity contribution is 5.89. The predicted molar refractivity (Wildman–Crippen MR) is 114 cm³/mol. The summed E-state index contributed by atoms with van der Waals surface area (Å²) in [6.07, 6.45) is 4.57. The lowest BCUT2D eigenvalue weighted by Crippen LogP contribution is -2.57. The number of nitrogens with one attached hydrogen (secondary N) is 1. The molecule has 1 aliphatic carbocycles. The summed E-state index contributed by atoms with van der Waals surface area (Å²) >= 11 is 0. The molecule has 1 aliphatic heterocycles. The van der Waals surface area contributed by atoms with E-state index in [1.165, 1.54) is 0 Å². The van der Waals surface area contributed by atoms with Gasteiger partial charge in [0.05, 0.1) is 29.8 Å². The van der Waals surface area contributed by atoms with Gasteiger partial charge in [0.1, 0.15) is 11.5 Å². The molecule has 8 heteroatoms. The van der Waals surface area contributed by atoms with Crippen LogP contribution in [0.2, 0.25) is 0 Å². The van der Waals surface area contributed by atoms with Crippen molar-refractivity contribution in [2.24, 2.45) is 0 Å². The Hall–Kier alpha value is -3.60. The van der Waals surface area contributed by atoms with Crippen molar-refractivity contribution in [3.8, 4) is 6.07 Å². The van der Waals surface area contributed by atoms with E-state index in [1.54, 1.807) is 0 Å². The number of anilines is 2. The van der Waals surface area contributed by atoms with E-state index < -0.39 is 0 Å². The molecule has 8 nitrogen and oxygen atoms in total. The van der Waals surface area contributed by atoms with Crippen molar-refractivity contribution in [2.45, 2.75) is 31.2 Å². The van der Waals surface area contributed by atoms with Crippen molar-refractivity contribution in [3.63, 3.8) is 0 Å². The first-order chi connectivity index (χ1) is 14.6. The molecule has 0 atom stereocenters. The first kappa shape index (κ1) is 18.4. The van der Waals surface area contributed by atoms with Crippen LogP contribution in [-0.2, 0) is 17.6 Å². The second-order valence-corrected chi connectivity index (χ2v) is 8.17. The molecule has 3 aromatic rings. The first-order valence-corrected chi connectivity index (χ1v) is 10.2. The van der Waals surface area contributed by atoms with Gasteiger partial charge < -0.3 is 20.5 Å². The Morgan fingerprint density at radius 2 is 2.07 bits per heavy atom.